The lowest BCUT2D eigenvalue weighted by molar-refractivity contribution is 0.353. The molecule has 0 N–H and O–H groups in total. The second kappa shape index (κ2) is 7.25. The molecule has 0 aliphatic carbocycles. The van der Waals surface area contributed by atoms with Crippen LogP contribution in [-0.2, 0) is 10.0 Å². The number of nitrogens with zero attached hydrogens (tertiary/aromatic N) is 4. The molecule has 0 spiro atoms. The lowest BCUT2D eigenvalue weighted by Crippen LogP contribution is -2.39. The molecule has 0 unspecified atom stereocenters. The molecule has 0 amide bonds. The largest absolute Gasteiger partial charge is 0.347 e. The minimum Gasteiger partial charge on any atom is -0.347 e. The molecule has 2 aliphatic rings. The first kappa shape index (κ1) is 16.2. The van der Waals surface area contributed by atoms with Gasteiger partial charge in [0.05, 0.1) is 5.75 Å². The highest BCUT2D eigenvalue weighted by molar-refractivity contribution is 7.89. The van der Waals surface area contributed by atoms with Crippen LogP contribution in [0.4, 0.5) is 5.13 Å². The summed E-state index contributed by atoms with van der Waals surface area (Å²) in [7, 11) is -3.14. The zero-order valence-corrected chi connectivity index (χ0v) is 14.5. The molecule has 2 fully saturated rings. The molecule has 2 aliphatic heterocycles. The smallest absolute Gasteiger partial charge is 0.215 e. The van der Waals surface area contributed by atoms with Crippen molar-refractivity contribution in [3.63, 3.8) is 0 Å². The second-order valence-corrected chi connectivity index (χ2v) is 8.88. The van der Waals surface area contributed by atoms with Crippen LogP contribution >= 0.6 is 11.3 Å². The molecule has 0 saturated carbocycles. The van der Waals surface area contributed by atoms with Gasteiger partial charge in [0.2, 0.25) is 10.0 Å². The predicted octanol–water partition coefficient (Wildman–Crippen LogP) is 1.08. The monoisotopic (exact) mass is 344 g/mol. The topological polar surface area (TPSA) is 56.8 Å². The van der Waals surface area contributed by atoms with Crippen molar-refractivity contribution in [3.8, 4) is 0 Å². The molecule has 0 aromatic carbocycles. The molecule has 0 radical (unpaired) electrons. The summed E-state index contributed by atoms with van der Waals surface area (Å²) in [6.07, 6.45) is 5.07. The van der Waals surface area contributed by atoms with E-state index in [0.717, 1.165) is 37.7 Å². The van der Waals surface area contributed by atoms with Gasteiger partial charge in [-0.15, -0.1) is 11.3 Å². The molecule has 6 nitrogen and oxygen atoms in total. The third kappa shape index (κ3) is 3.98. The van der Waals surface area contributed by atoms with E-state index in [1.54, 1.807) is 21.8 Å². The maximum absolute atomic E-state index is 12.6. The zero-order chi connectivity index (χ0) is 15.4. The Morgan fingerprint density at radius 3 is 2.59 bits per heavy atom. The third-order valence-corrected chi connectivity index (χ3v) is 7.08. The van der Waals surface area contributed by atoms with Gasteiger partial charge in [-0.1, -0.05) is 0 Å². The summed E-state index contributed by atoms with van der Waals surface area (Å²) in [6.45, 7) is 5.59. The summed E-state index contributed by atoms with van der Waals surface area (Å²) < 4.78 is 26.8. The highest BCUT2D eigenvalue weighted by Gasteiger charge is 2.26. The van der Waals surface area contributed by atoms with Crippen LogP contribution in [0.25, 0.3) is 0 Å². The Morgan fingerprint density at radius 1 is 1.05 bits per heavy atom. The Bertz CT molecular complexity index is 555. The molecule has 3 heterocycles. The SMILES string of the molecule is O=S(=O)(CCN1CCCC1)N1CCCN(c2nccs2)CC1. The lowest BCUT2D eigenvalue weighted by Gasteiger charge is -2.22. The quantitative estimate of drug-likeness (QED) is 0.800. The van der Waals surface area contributed by atoms with Gasteiger partial charge in [0.15, 0.2) is 5.13 Å². The molecule has 1 aromatic rings. The Kier molecular flexibility index (Phi) is 5.33. The maximum Gasteiger partial charge on any atom is 0.215 e. The van der Waals surface area contributed by atoms with Crippen LogP contribution < -0.4 is 4.90 Å². The van der Waals surface area contributed by atoms with Crippen LogP contribution in [0.15, 0.2) is 11.6 Å². The van der Waals surface area contributed by atoms with E-state index in [-0.39, 0.29) is 5.75 Å². The van der Waals surface area contributed by atoms with Gasteiger partial charge in [0.1, 0.15) is 0 Å². The molecule has 22 heavy (non-hydrogen) atoms. The first-order valence-electron chi connectivity index (χ1n) is 8.00. The average Bonchev–Trinajstić information content (AvgIpc) is 3.15. The highest BCUT2D eigenvalue weighted by Crippen LogP contribution is 2.20. The number of aromatic nitrogens is 1. The van der Waals surface area contributed by atoms with E-state index < -0.39 is 10.0 Å². The van der Waals surface area contributed by atoms with E-state index in [9.17, 15) is 8.42 Å². The van der Waals surface area contributed by atoms with Crippen LogP contribution in [0.2, 0.25) is 0 Å². The first-order chi connectivity index (χ1) is 10.6. The van der Waals surface area contributed by atoms with Crippen LogP contribution in [-0.4, -0.2) is 74.2 Å². The summed E-state index contributed by atoms with van der Waals surface area (Å²) in [5.74, 6) is 0.254. The van der Waals surface area contributed by atoms with Gasteiger partial charge in [-0.25, -0.2) is 17.7 Å². The number of hydrogen-bond acceptors (Lipinski definition) is 6. The minimum atomic E-state index is -3.14. The summed E-state index contributed by atoms with van der Waals surface area (Å²) >= 11 is 1.61. The van der Waals surface area contributed by atoms with E-state index in [1.807, 2.05) is 5.38 Å². The molecular formula is C14H24N4O2S2. The van der Waals surface area contributed by atoms with Gasteiger partial charge in [0, 0.05) is 44.3 Å². The molecule has 8 heteroatoms. The Morgan fingerprint density at radius 2 is 1.86 bits per heavy atom. The van der Waals surface area contributed by atoms with E-state index in [1.165, 1.54) is 12.8 Å². The fourth-order valence-electron chi connectivity index (χ4n) is 3.12. The first-order valence-corrected chi connectivity index (χ1v) is 10.5. The van der Waals surface area contributed by atoms with Crippen molar-refractivity contribution < 1.29 is 8.42 Å². The highest BCUT2D eigenvalue weighted by atomic mass is 32.2. The fourth-order valence-corrected chi connectivity index (χ4v) is 5.33. The van der Waals surface area contributed by atoms with E-state index in [2.05, 4.69) is 14.8 Å². The van der Waals surface area contributed by atoms with Crippen molar-refractivity contribution in [2.24, 2.45) is 0 Å². The Hall–Kier alpha value is -0.700. The van der Waals surface area contributed by atoms with Gasteiger partial charge in [-0.3, -0.25) is 0 Å². The van der Waals surface area contributed by atoms with Gasteiger partial charge in [-0.05, 0) is 32.4 Å². The van der Waals surface area contributed by atoms with E-state index in [4.69, 9.17) is 0 Å². The summed E-state index contributed by atoms with van der Waals surface area (Å²) in [4.78, 5) is 8.78. The van der Waals surface area contributed by atoms with Crippen molar-refractivity contribution in [1.29, 1.82) is 0 Å². The summed E-state index contributed by atoms with van der Waals surface area (Å²) in [6, 6.07) is 0. The number of hydrogen-bond donors (Lipinski definition) is 0. The second-order valence-electron chi connectivity index (χ2n) is 5.92. The maximum atomic E-state index is 12.6. The predicted molar refractivity (Wildman–Crippen MR) is 90.0 cm³/mol. The number of anilines is 1. The molecule has 3 rings (SSSR count). The van der Waals surface area contributed by atoms with E-state index >= 15 is 0 Å². The van der Waals surface area contributed by atoms with Crippen LogP contribution in [0, 0.1) is 0 Å². The average molecular weight is 345 g/mol. The molecule has 2 saturated heterocycles. The fraction of sp³-hybridized carbons (Fsp3) is 0.786. The van der Waals surface area contributed by atoms with Crippen molar-refractivity contribution in [3.05, 3.63) is 11.6 Å². The van der Waals surface area contributed by atoms with Crippen LogP contribution in [0.3, 0.4) is 0 Å². The molecule has 124 valence electrons. The molecule has 1 aromatic heterocycles. The normalized spacial score (nSPS) is 22.1. The third-order valence-electron chi connectivity index (χ3n) is 4.40. The molecule has 0 bridgehead atoms. The summed E-state index contributed by atoms with van der Waals surface area (Å²) in [5.41, 5.74) is 0. The number of thiazole rings is 1. The minimum absolute atomic E-state index is 0.254. The van der Waals surface area contributed by atoms with Gasteiger partial charge in [0.25, 0.3) is 0 Å². The number of sulfonamides is 1. The van der Waals surface area contributed by atoms with Crippen molar-refractivity contribution >= 4 is 26.5 Å². The Balaban J connectivity index is 1.54. The number of likely N-dealkylation sites (tertiary alicyclic amines) is 1. The molecule has 0 atom stereocenters. The van der Waals surface area contributed by atoms with Crippen molar-refractivity contribution in [2.75, 3.05) is 56.5 Å². The van der Waals surface area contributed by atoms with Crippen molar-refractivity contribution in [1.82, 2.24) is 14.2 Å². The summed E-state index contributed by atoms with van der Waals surface area (Å²) in [5, 5.41) is 2.96. The van der Waals surface area contributed by atoms with Crippen LogP contribution in [0.1, 0.15) is 19.3 Å². The van der Waals surface area contributed by atoms with Crippen LogP contribution in [0.5, 0.6) is 0 Å². The number of rotatable bonds is 5. The van der Waals surface area contributed by atoms with Gasteiger partial charge in [-0.2, -0.15) is 0 Å². The standard InChI is InChI=1S/C14H24N4O2S2/c19-22(20,13-11-16-5-1-2-6-16)18-8-3-7-17(9-10-18)14-15-4-12-21-14/h4,12H,1-3,5-11,13H2. The van der Waals surface area contributed by atoms with Gasteiger partial charge < -0.3 is 9.80 Å². The van der Waals surface area contributed by atoms with Crippen molar-refractivity contribution in [2.45, 2.75) is 19.3 Å². The Labute approximate surface area is 136 Å². The lowest BCUT2D eigenvalue weighted by atomic mass is 10.4. The molecular weight excluding hydrogens is 320 g/mol. The van der Waals surface area contributed by atoms with E-state index in [0.29, 0.717) is 19.6 Å². The zero-order valence-electron chi connectivity index (χ0n) is 12.9. The van der Waals surface area contributed by atoms with Gasteiger partial charge >= 0.3 is 0 Å².